The van der Waals surface area contributed by atoms with Crippen LogP contribution in [0.2, 0.25) is 0 Å². The van der Waals surface area contributed by atoms with Crippen molar-refractivity contribution in [2.75, 3.05) is 5.32 Å². The van der Waals surface area contributed by atoms with Crippen molar-refractivity contribution in [1.82, 2.24) is 0 Å². The van der Waals surface area contributed by atoms with Crippen LogP contribution in [-0.2, 0) is 0 Å². The molecule has 0 aromatic heterocycles. The molecule has 0 heterocycles. The van der Waals surface area contributed by atoms with Gasteiger partial charge in [0, 0.05) is 11.3 Å². The number of benzene rings is 2. The summed E-state index contributed by atoms with van der Waals surface area (Å²) in [7, 11) is 0. The van der Waals surface area contributed by atoms with Gasteiger partial charge in [-0.3, -0.25) is 20.2 Å². The maximum absolute atomic E-state index is 11.2. The van der Waals surface area contributed by atoms with Gasteiger partial charge >= 0.3 is 0 Å². The Bertz CT molecular complexity index is 817. The van der Waals surface area contributed by atoms with Crippen molar-refractivity contribution < 1.29 is 15.0 Å². The van der Waals surface area contributed by atoms with Gasteiger partial charge in [-0.2, -0.15) is 0 Å². The van der Waals surface area contributed by atoms with Gasteiger partial charge in [-0.15, -0.1) is 0 Å². The third kappa shape index (κ3) is 3.20. The molecule has 0 aliphatic carbocycles. The number of nitrogens with one attached hydrogen (secondary N) is 1. The zero-order chi connectivity index (χ0) is 17.3. The average molecular weight is 317 g/mol. The molecule has 0 amide bonds. The van der Waals surface area contributed by atoms with Crippen LogP contribution in [0.5, 0.6) is 5.75 Å². The number of aryl methyl sites for hydroxylation is 3. The van der Waals surface area contributed by atoms with E-state index >= 15 is 0 Å². The van der Waals surface area contributed by atoms with E-state index in [-0.39, 0.29) is 22.8 Å². The van der Waals surface area contributed by atoms with E-state index in [1.54, 1.807) is 26.0 Å². The van der Waals surface area contributed by atoms with Crippen molar-refractivity contribution in [3.63, 3.8) is 0 Å². The van der Waals surface area contributed by atoms with Crippen LogP contribution in [0.25, 0.3) is 0 Å². The number of hydrogen-bond donors (Lipinski definition) is 2. The third-order valence-corrected chi connectivity index (χ3v) is 3.52. The lowest BCUT2D eigenvalue weighted by Gasteiger charge is -2.12. The van der Waals surface area contributed by atoms with Gasteiger partial charge < -0.3 is 10.4 Å². The standard InChI is InChI=1S/C15H15N3O5/c1-8-6-15(19)10(3)5-11(8)16-12-4-9(2)13(17(20)21)7-14(12)18(22)23/h4-7,16,19H,1-3H3. The predicted octanol–water partition coefficient (Wildman–Crippen LogP) is 3.88. The summed E-state index contributed by atoms with van der Waals surface area (Å²) in [6.07, 6.45) is 0. The number of phenolic OH excluding ortho intramolecular Hbond substituents is 1. The molecule has 120 valence electrons. The van der Waals surface area contributed by atoms with Crippen molar-refractivity contribution in [3.8, 4) is 5.75 Å². The SMILES string of the molecule is Cc1cc(Nc2cc(C)c([N+](=O)[O-])cc2[N+](=O)[O-])c(C)cc1O. The highest BCUT2D eigenvalue weighted by atomic mass is 16.6. The molecule has 2 aromatic carbocycles. The summed E-state index contributed by atoms with van der Waals surface area (Å²) in [6.45, 7) is 4.96. The third-order valence-electron chi connectivity index (χ3n) is 3.52. The molecule has 0 fully saturated rings. The number of nitro benzene ring substituents is 2. The fourth-order valence-corrected chi connectivity index (χ4v) is 2.21. The lowest BCUT2D eigenvalue weighted by atomic mass is 10.1. The van der Waals surface area contributed by atoms with E-state index in [2.05, 4.69) is 5.32 Å². The van der Waals surface area contributed by atoms with Crippen molar-refractivity contribution in [3.05, 3.63) is 61.2 Å². The fourth-order valence-electron chi connectivity index (χ4n) is 2.21. The van der Waals surface area contributed by atoms with E-state index in [0.29, 0.717) is 22.4 Å². The maximum Gasteiger partial charge on any atom is 0.299 e. The van der Waals surface area contributed by atoms with E-state index < -0.39 is 9.85 Å². The molecule has 0 atom stereocenters. The number of aromatic hydroxyl groups is 1. The van der Waals surface area contributed by atoms with Crippen LogP contribution in [0.15, 0.2) is 24.3 Å². The maximum atomic E-state index is 11.2. The zero-order valence-electron chi connectivity index (χ0n) is 12.8. The van der Waals surface area contributed by atoms with Crippen LogP contribution in [-0.4, -0.2) is 15.0 Å². The first-order valence-corrected chi connectivity index (χ1v) is 6.71. The first-order valence-electron chi connectivity index (χ1n) is 6.71. The molecule has 2 aromatic rings. The molecule has 0 unspecified atom stereocenters. The minimum Gasteiger partial charge on any atom is -0.508 e. The van der Waals surface area contributed by atoms with E-state index in [4.69, 9.17) is 0 Å². The summed E-state index contributed by atoms with van der Waals surface area (Å²) in [6, 6.07) is 5.52. The Labute approximate surface area is 131 Å². The number of nitro groups is 2. The highest BCUT2D eigenvalue weighted by molar-refractivity contribution is 5.75. The van der Waals surface area contributed by atoms with E-state index in [1.165, 1.54) is 13.0 Å². The minimum atomic E-state index is -0.669. The highest BCUT2D eigenvalue weighted by Gasteiger charge is 2.23. The van der Waals surface area contributed by atoms with Gasteiger partial charge in [0.15, 0.2) is 0 Å². The minimum absolute atomic E-state index is 0.127. The smallest absolute Gasteiger partial charge is 0.299 e. The Hall–Kier alpha value is -3.16. The molecule has 0 saturated carbocycles. The highest BCUT2D eigenvalue weighted by Crippen LogP contribution is 2.36. The first kappa shape index (κ1) is 16.2. The monoisotopic (exact) mass is 317 g/mol. The normalized spacial score (nSPS) is 10.4. The van der Waals surface area contributed by atoms with Gasteiger partial charge in [0.25, 0.3) is 11.4 Å². The lowest BCUT2D eigenvalue weighted by molar-refractivity contribution is -0.394. The molecule has 0 aliphatic heterocycles. The molecule has 8 heteroatoms. The van der Waals surface area contributed by atoms with Crippen molar-refractivity contribution in [2.24, 2.45) is 0 Å². The Balaban J connectivity index is 2.56. The van der Waals surface area contributed by atoms with Gasteiger partial charge in [0.05, 0.1) is 15.9 Å². The number of rotatable bonds is 4. The molecule has 0 saturated heterocycles. The summed E-state index contributed by atoms with van der Waals surface area (Å²) in [4.78, 5) is 20.8. The van der Waals surface area contributed by atoms with Crippen LogP contribution in [0.3, 0.4) is 0 Å². The summed E-state index contributed by atoms with van der Waals surface area (Å²) < 4.78 is 0. The van der Waals surface area contributed by atoms with E-state index in [0.717, 1.165) is 6.07 Å². The number of phenols is 1. The first-order chi connectivity index (χ1) is 10.7. The van der Waals surface area contributed by atoms with Gasteiger partial charge in [-0.1, -0.05) is 0 Å². The summed E-state index contributed by atoms with van der Waals surface area (Å²) in [5.41, 5.74) is 1.67. The Morgan fingerprint density at radius 3 is 1.96 bits per heavy atom. The van der Waals surface area contributed by atoms with Crippen LogP contribution < -0.4 is 5.32 Å². The van der Waals surface area contributed by atoms with E-state index in [1.807, 2.05) is 0 Å². The molecule has 0 bridgehead atoms. The zero-order valence-corrected chi connectivity index (χ0v) is 12.8. The molecule has 8 nitrogen and oxygen atoms in total. The van der Waals surface area contributed by atoms with Crippen LogP contribution in [0.4, 0.5) is 22.7 Å². The second-order valence-electron chi connectivity index (χ2n) is 5.25. The Morgan fingerprint density at radius 1 is 0.826 bits per heavy atom. The lowest BCUT2D eigenvalue weighted by Crippen LogP contribution is -2.02. The largest absolute Gasteiger partial charge is 0.508 e. The number of hydrogen-bond acceptors (Lipinski definition) is 6. The predicted molar refractivity (Wildman–Crippen MR) is 85.4 cm³/mol. The second-order valence-corrected chi connectivity index (χ2v) is 5.25. The van der Waals surface area contributed by atoms with Gasteiger partial charge in [-0.25, -0.2) is 0 Å². The fraction of sp³-hybridized carbons (Fsp3) is 0.200. The molecule has 0 radical (unpaired) electrons. The second kappa shape index (κ2) is 5.91. The molecule has 0 spiro atoms. The molecule has 23 heavy (non-hydrogen) atoms. The van der Waals surface area contributed by atoms with Crippen molar-refractivity contribution in [1.29, 1.82) is 0 Å². The quantitative estimate of drug-likeness (QED) is 0.502. The Morgan fingerprint density at radius 2 is 1.39 bits per heavy atom. The van der Waals surface area contributed by atoms with Gasteiger partial charge in [-0.05, 0) is 50.1 Å². The van der Waals surface area contributed by atoms with Crippen LogP contribution >= 0.6 is 0 Å². The summed E-state index contributed by atoms with van der Waals surface area (Å²) >= 11 is 0. The summed E-state index contributed by atoms with van der Waals surface area (Å²) in [5.74, 6) is 0.127. The number of nitrogens with zero attached hydrogens (tertiary/aromatic N) is 2. The average Bonchev–Trinajstić information content (AvgIpc) is 2.44. The Kier molecular flexibility index (Phi) is 4.17. The molecular formula is C15H15N3O5. The number of anilines is 2. The van der Waals surface area contributed by atoms with E-state index in [9.17, 15) is 25.3 Å². The molecule has 0 aliphatic rings. The van der Waals surface area contributed by atoms with Gasteiger partial charge in [0.2, 0.25) is 0 Å². The molecule has 2 N–H and O–H groups in total. The van der Waals surface area contributed by atoms with Crippen LogP contribution in [0.1, 0.15) is 16.7 Å². The van der Waals surface area contributed by atoms with Gasteiger partial charge in [0.1, 0.15) is 11.4 Å². The molecular weight excluding hydrogens is 302 g/mol. The van der Waals surface area contributed by atoms with Crippen molar-refractivity contribution in [2.45, 2.75) is 20.8 Å². The van der Waals surface area contributed by atoms with Crippen molar-refractivity contribution >= 4 is 22.7 Å². The molecule has 2 rings (SSSR count). The summed E-state index contributed by atoms with van der Waals surface area (Å²) in [5, 5.41) is 34.7. The van der Waals surface area contributed by atoms with Crippen LogP contribution in [0, 0.1) is 41.0 Å². The topological polar surface area (TPSA) is 119 Å².